The average molecular weight is 172 g/mol. The molecule has 1 atom stereocenters. The molecule has 0 spiro atoms. The molecule has 4 heteroatoms. The number of hydrogen-bond acceptors (Lipinski definition) is 3. The Morgan fingerprint density at radius 3 is 2.55 bits per heavy atom. The van der Waals surface area contributed by atoms with Crippen LogP contribution in [0.25, 0.3) is 0 Å². The van der Waals surface area contributed by atoms with Crippen molar-refractivity contribution >= 4 is 9.84 Å². The lowest BCUT2D eigenvalue weighted by Crippen LogP contribution is -2.37. The molecule has 1 heterocycles. The van der Waals surface area contributed by atoms with Crippen molar-refractivity contribution in [3.63, 3.8) is 0 Å². The summed E-state index contributed by atoms with van der Waals surface area (Å²) < 4.78 is 21.8. The SMILES string of the molecule is CC1(O)CC2=CS(=O)(=O)C=C21. The molecule has 0 radical (unpaired) electrons. The third kappa shape index (κ3) is 0.862. The number of sulfone groups is 1. The van der Waals surface area contributed by atoms with Gasteiger partial charge in [0, 0.05) is 17.2 Å². The molecular formula is C7H8O3S. The monoisotopic (exact) mass is 172 g/mol. The second-order valence-electron chi connectivity index (χ2n) is 3.21. The summed E-state index contributed by atoms with van der Waals surface area (Å²) in [6, 6.07) is 0. The number of hydrogen-bond donors (Lipinski definition) is 1. The summed E-state index contributed by atoms with van der Waals surface area (Å²) in [7, 11) is -3.14. The molecule has 0 saturated heterocycles. The van der Waals surface area contributed by atoms with Gasteiger partial charge in [-0.15, -0.1) is 0 Å². The van der Waals surface area contributed by atoms with Crippen LogP contribution < -0.4 is 0 Å². The molecule has 11 heavy (non-hydrogen) atoms. The first kappa shape index (κ1) is 7.06. The van der Waals surface area contributed by atoms with E-state index in [1.807, 2.05) is 0 Å². The Balaban J connectivity index is 2.56. The van der Waals surface area contributed by atoms with Crippen molar-refractivity contribution in [2.75, 3.05) is 0 Å². The minimum absolute atomic E-state index is 0.456. The molecule has 0 aromatic carbocycles. The van der Waals surface area contributed by atoms with E-state index in [-0.39, 0.29) is 0 Å². The number of rotatable bonds is 0. The summed E-state index contributed by atoms with van der Waals surface area (Å²) in [6.07, 6.45) is 0.456. The van der Waals surface area contributed by atoms with Crippen LogP contribution in [0.15, 0.2) is 22.0 Å². The Morgan fingerprint density at radius 1 is 1.55 bits per heavy atom. The van der Waals surface area contributed by atoms with Gasteiger partial charge in [0.15, 0.2) is 9.84 Å². The molecule has 1 N–H and O–H groups in total. The Bertz CT molecular complexity index is 370. The van der Waals surface area contributed by atoms with Crippen LogP contribution in [0, 0.1) is 0 Å². The van der Waals surface area contributed by atoms with Crippen LogP contribution in [-0.2, 0) is 9.84 Å². The summed E-state index contributed by atoms with van der Waals surface area (Å²) in [5.74, 6) is 0. The maximum absolute atomic E-state index is 10.9. The number of aliphatic hydroxyl groups is 1. The third-order valence-electron chi connectivity index (χ3n) is 2.05. The van der Waals surface area contributed by atoms with E-state index in [1.165, 1.54) is 5.41 Å². The van der Waals surface area contributed by atoms with Crippen LogP contribution in [-0.4, -0.2) is 19.1 Å². The van der Waals surface area contributed by atoms with Gasteiger partial charge in [-0.25, -0.2) is 8.42 Å². The maximum Gasteiger partial charge on any atom is 0.193 e. The highest BCUT2D eigenvalue weighted by molar-refractivity contribution is 7.97. The largest absolute Gasteiger partial charge is 0.385 e. The Hall–Kier alpha value is -0.610. The quantitative estimate of drug-likeness (QED) is 0.573. The molecule has 2 rings (SSSR count). The standard InChI is InChI=1S/C7H8O3S/c1-7(8)2-5-3-11(9,10)4-6(5)7/h3-4,8H,2H2,1H3. The average Bonchev–Trinajstić information content (AvgIpc) is 2.04. The van der Waals surface area contributed by atoms with E-state index in [0.717, 1.165) is 11.0 Å². The minimum atomic E-state index is -3.14. The maximum atomic E-state index is 10.9. The van der Waals surface area contributed by atoms with Gasteiger partial charge in [0.25, 0.3) is 0 Å². The van der Waals surface area contributed by atoms with Crippen molar-refractivity contribution in [3.05, 3.63) is 22.0 Å². The van der Waals surface area contributed by atoms with Crippen LogP contribution in [0.4, 0.5) is 0 Å². The van der Waals surface area contributed by atoms with Gasteiger partial charge < -0.3 is 5.11 Å². The van der Waals surface area contributed by atoms with Crippen molar-refractivity contribution in [3.8, 4) is 0 Å². The molecule has 0 aromatic rings. The van der Waals surface area contributed by atoms with E-state index < -0.39 is 15.4 Å². The molecule has 1 unspecified atom stereocenters. The molecule has 60 valence electrons. The summed E-state index contributed by atoms with van der Waals surface area (Å²) in [5.41, 5.74) is 0.419. The van der Waals surface area contributed by atoms with Gasteiger partial charge in [0.05, 0.1) is 5.60 Å². The lowest BCUT2D eigenvalue weighted by molar-refractivity contribution is 0.0746. The van der Waals surface area contributed by atoms with Crippen molar-refractivity contribution < 1.29 is 13.5 Å². The summed E-state index contributed by atoms with van der Waals surface area (Å²) in [5, 5.41) is 11.8. The first-order valence-electron chi connectivity index (χ1n) is 3.31. The Labute approximate surface area is 65.0 Å². The van der Waals surface area contributed by atoms with Crippen LogP contribution in [0.3, 0.4) is 0 Å². The molecule has 1 aliphatic carbocycles. The van der Waals surface area contributed by atoms with Gasteiger partial charge in [-0.05, 0) is 18.1 Å². The molecular weight excluding hydrogens is 164 g/mol. The summed E-state index contributed by atoms with van der Waals surface area (Å²) in [4.78, 5) is 0. The van der Waals surface area contributed by atoms with E-state index in [4.69, 9.17) is 0 Å². The van der Waals surface area contributed by atoms with Gasteiger partial charge in [0.1, 0.15) is 0 Å². The van der Waals surface area contributed by atoms with Crippen LogP contribution in [0.1, 0.15) is 13.3 Å². The van der Waals surface area contributed by atoms with E-state index >= 15 is 0 Å². The first-order valence-corrected chi connectivity index (χ1v) is 4.92. The van der Waals surface area contributed by atoms with Crippen molar-refractivity contribution in [2.45, 2.75) is 18.9 Å². The third-order valence-corrected chi connectivity index (χ3v) is 3.23. The lowest BCUT2D eigenvalue weighted by atomic mass is 9.73. The molecule has 0 aromatic heterocycles. The fraction of sp³-hybridized carbons (Fsp3) is 0.429. The van der Waals surface area contributed by atoms with Crippen molar-refractivity contribution in [1.82, 2.24) is 0 Å². The topological polar surface area (TPSA) is 54.4 Å². The highest BCUT2D eigenvalue weighted by Crippen LogP contribution is 2.46. The van der Waals surface area contributed by atoms with Crippen molar-refractivity contribution in [2.24, 2.45) is 0 Å². The van der Waals surface area contributed by atoms with E-state index in [1.54, 1.807) is 6.92 Å². The van der Waals surface area contributed by atoms with Gasteiger partial charge >= 0.3 is 0 Å². The summed E-state index contributed by atoms with van der Waals surface area (Å²) in [6.45, 7) is 1.62. The number of fused-ring (bicyclic) bond motifs is 1. The fourth-order valence-electron chi connectivity index (χ4n) is 1.50. The van der Waals surface area contributed by atoms with E-state index in [2.05, 4.69) is 0 Å². The first-order chi connectivity index (χ1) is 4.91. The zero-order chi connectivity index (χ0) is 8.28. The molecule has 1 aliphatic heterocycles. The van der Waals surface area contributed by atoms with Crippen LogP contribution >= 0.6 is 0 Å². The van der Waals surface area contributed by atoms with E-state index in [9.17, 15) is 13.5 Å². The van der Waals surface area contributed by atoms with Crippen LogP contribution in [0.2, 0.25) is 0 Å². The molecule has 1 saturated carbocycles. The second kappa shape index (κ2) is 1.59. The lowest BCUT2D eigenvalue weighted by Gasteiger charge is -2.36. The predicted molar refractivity (Wildman–Crippen MR) is 40.3 cm³/mol. The normalized spacial score (nSPS) is 38.7. The molecule has 0 amide bonds. The predicted octanol–water partition coefficient (Wildman–Crippen LogP) is 0.337. The zero-order valence-corrected chi connectivity index (χ0v) is 6.85. The Morgan fingerprint density at radius 2 is 2.18 bits per heavy atom. The van der Waals surface area contributed by atoms with Gasteiger partial charge in [0.2, 0.25) is 0 Å². The van der Waals surface area contributed by atoms with Crippen molar-refractivity contribution in [1.29, 1.82) is 0 Å². The van der Waals surface area contributed by atoms with E-state index in [0.29, 0.717) is 12.0 Å². The molecule has 2 aliphatic rings. The minimum Gasteiger partial charge on any atom is -0.385 e. The highest BCUT2D eigenvalue weighted by Gasteiger charge is 2.44. The second-order valence-corrected chi connectivity index (χ2v) is 4.86. The highest BCUT2D eigenvalue weighted by atomic mass is 32.2. The van der Waals surface area contributed by atoms with Crippen LogP contribution in [0.5, 0.6) is 0 Å². The molecule has 0 bridgehead atoms. The van der Waals surface area contributed by atoms with Gasteiger partial charge in [-0.2, -0.15) is 0 Å². The van der Waals surface area contributed by atoms with Gasteiger partial charge in [-0.3, -0.25) is 0 Å². The smallest absolute Gasteiger partial charge is 0.193 e. The zero-order valence-electron chi connectivity index (χ0n) is 6.03. The van der Waals surface area contributed by atoms with Gasteiger partial charge in [-0.1, -0.05) is 0 Å². The Kier molecular flexibility index (Phi) is 1.02. The summed E-state index contributed by atoms with van der Waals surface area (Å²) >= 11 is 0. The molecule has 3 nitrogen and oxygen atoms in total. The molecule has 1 fully saturated rings. The fourth-order valence-corrected chi connectivity index (χ4v) is 2.91.